The number of benzene rings is 2. The van der Waals surface area contributed by atoms with Gasteiger partial charge in [-0.2, -0.15) is 26.3 Å². The van der Waals surface area contributed by atoms with Crippen LogP contribution < -0.4 is 0 Å². The second-order valence-corrected chi connectivity index (χ2v) is 9.88. The van der Waals surface area contributed by atoms with Crippen LogP contribution in [0.5, 0.6) is 0 Å². The molecule has 2 aromatic rings. The number of hydrogen-bond acceptors (Lipinski definition) is 4. The van der Waals surface area contributed by atoms with E-state index in [0.29, 0.717) is 16.7 Å². The van der Waals surface area contributed by atoms with E-state index in [-0.39, 0.29) is 53.4 Å². The molecule has 1 fully saturated rings. The zero-order valence-electron chi connectivity index (χ0n) is 19.4. The van der Waals surface area contributed by atoms with Gasteiger partial charge in [0.15, 0.2) is 0 Å². The average molecular weight is 568 g/mol. The normalized spacial score (nSPS) is 21.1. The predicted molar refractivity (Wildman–Crippen MR) is 126 cm³/mol. The van der Waals surface area contributed by atoms with Gasteiger partial charge in [-0.1, -0.05) is 34.4 Å². The van der Waals surface area contributed by atoms with E-state index in [2.05, 4.69) is 5.16 Å². The van der Waals surface area contributed by atoms with Crippen LogP contribution in [0.4, 0.5) is 26.3 Å². The summed E-state index contributed by atoms with van der Waals surface area (Å²) in [5.41, 5.74) is -1.92. The number of halogens is 8. The van der Waals surface area contributed by atoms with Crippen molar-refractivity contribution in [2.75, 3.05) is 32.7 Å². The molecule has 0 N–H and O–H groups in total. The molecule has 2 heterocycles. The highest BCUT2D eigenvalue weighted by Gasteiger charge is 2.62. The molecule has 0 radical (unpaired) electrons. The van der Waals surface area contributed by atoms with Crippen LogP contribution >= 0.6 is 23.2 Å². The van der Waals surface area contributed by atoms with Crippen LogP contribution in [0.15, 0.2) is 41.6 Å². The Morgan fingerprint density at radius 1 is 1.00 bits per heavy atom. The molecule has 0 bridgehead atoms. The molecule has 13 heteroatoms. The highest BCUT2D eigenvalue weighted by atomic mass is 35.5. The fraction of sp³-hybridized carbons (Fsp3) is 0.417. The third-order valence-corrected chi connectivity index (χ3v) is 6.80. The molecule has 1 saturated heterocycles. The number of piperazine rings is 1. The molecule has 0 aliphatic carbocycles. The summed E-state index contributed by atoms with van der Waals surface area (Å²) >= 11 is 11.9. The summed E-state index contributed by atoms with van der Waals surface area (Å²) in [5, 5.41) is 3.75. The van der Waals surface area contributed by atoms with E-state index in [1.807, 2.05) is 0 Å². The summed E-state index contributed by atoms with van der Waals surface area (Å²) in [4.78, 5) is 20.7. The van der Waals surface area contributed by atoms with Gasteiger partial charge in [0.1, 0.15) is 0 Å². The molecule has 2 aromatic carbocycles. The molecule has 0 saturated carbocycles. The first-order valence-corrected chi connectivity index (χ1v) is 11.9. The Morgan fingerprint density at radius 2 is 1.62 bits per heavy atom. The maximum absolute atomic E-state index is 14.2. The van der Waals surface area contributed by atoms with Gasteiger partial charge in [-0.25, -0.2) is 0 Å². The standard InChI is InChI=1S/C24H21Cl2F6N3O2/c1-14-8-15(2-3-19(14)21(36)35-6-4-34(5-7-35)13-23(27,28)29)20-12-22(37-33-20,24(30,31)32)16-9-17(25)11-18(26)10-16/h2-3,8-11H,4-7,12-13H2,1H3. The predicted octanol–water partition coefficient (Wildman–Crippen LogP) is 6.20. The Balaban J connectivity index is 1.51. The van der Waals surface area contributed by atoms with Crippen LogP contribution in [-0.2, 0) is 10.4 Å². The Labute approximate surface area is 218 Å². The van der Waals surface area contributed by atoms with Crippen molar-refractivity contribution in [1.82, 2.24) is 9.80 Å². The Hall–Kier alpha value is -2.50. The minimum atomic E-state index is -4.84. The zero-order chi connectivity index (χ0) is 27.2. The van der Waals surface area contributed by atoms with Crippen LogP contribution in [0, 0.1) is 6.92 Å². The summed E-state index contributed by atoms with van der Waals surface area (Å²) in [6.07, 6.45) is -9.79. The van der Waals surface area contributed by atoms with Gasteiger partial charge in [-0.05, 0) is 48.4 Å². The monoisotopic (exact) mass is 567 g/mol. The first kappa shape index (κ1) is 27.5. The maximum Gasteiger partial charge on any atom is 0.435 e. The van der Waals surface area contributed by atoms with Crippen molar-refractivity contribution in [3.05, 3.63) is 68.7 Å². The van der Waals surface area contributed by atoms with Crippen molar-refractivity contribution in [2.24, 2.45) is 5.16 Å². The van der Waals surface area contributed by atoms with Crippen molar-refractivity contribution in [3.63, 3.8) is 0 Å². The zero-order valence-corrected chi connectivity index (χ0v) is 20.9. The minimum Gasteiger partial charge on any atom is -0.374 e. The second-order valence-electron chi connectivity index (χ2n) is 9.00. The van der Waals surface area contributed by atoms with Gasteiger partial charge in [0, 0.05) is 53.8 Å². The molecule has 2 aliphatic heterocycles. The van der Waals surface area contributed by atoms with E-state index in [1.54, 1.807) is 6.92 Å². The summed E-state index contributed by atoms with van der Waals surface area (Å²) in [5.74, 6) is -0.362. The van der Waals surface area contributed by atoms with E-state index < -0.39 is 30.9 Å². The van der Waals surface area contributed by atoms with Crippen LogP contribution in [0.1, 0.15) is 33.5 Å². The molecule has 2 aliphatic rings. The lowest BCUT2D eigenvalue weighted by Gasteiger charge is -2.35. The summed E-state index contributed by atoms with van der Waals surface area (Å²) in [6, 6.07) is 8.04. The van der Waals surface area contributed by atoms with Crippen molar-refractivity contribution < 1.29 is 36.0 Å². The molecular formula is C24H21Cl2F6N3O2. The number of oxime groups is 1. The van der Waals surface area contributed by atoms with Gasteiger partial charge >= 0.3 is 12.4 Å². The molecule has 4 rings (SSSR count). The molecule has 0 spiro atoms. The number of aryl methyl sites for hydroxylation is 1. The minimum absolute atomic E-state index is 0.0149. The number of carbonyl (C=O) groups excluding carboxylic acids is 1. The van der Waals surface area contributed by atoms with Crippen LogP contribution in [0.3, 0.4) is 0 Å². The number of rotatable bonds is 4. The van der Waals surface area contributed by atoms with Gasteiger partial charge in [0.25, 0.3) is 11.5 Å². The Morgan fingerprint density at radius 3 is 2.16 bits per heavy atom. The third kappa shape index (κ3) is 5.83. The number of carbonyl (C=O) groups is 1. The molecule has 1 amide bonds. The number of alkyl halides is 6. The molecule has 37 heavy (non-hydrogen) atoms. The summed E-state index contributed by atoms with van der Waals surface area (Å²) < 4.78 is 80.5. The number of hydrogen-bond donors (Lipinski definition) is 0. The lowest BCUT2D eigenvalue weighted by Crippen LogP contribution is -2.51. The van der Waals surface area contributed by atoms with Crippen molar-refractivity contribution >= 4 is 34.8 Å². The number of nitrogens with zero attached hydrogens (tertiary/aromatic N) is 3. The van der Waals surface area contributed by atoms with E-state index >= 15 is 0 Å². The summed E-state index contributed by atoms with van der Waals surface area (Å²) in [6.45, 7) is 1.03. The van der Waals surface area contributed by atoms with E-state index in [4.69, 9.17) is 28.0 Å². The molecule has 0 aromatic heterocycles. The lowest BCUT2D eigenvalue weighted by atomic mass is 9.86. The van der Waals surface area contributed by atoms with Gasteiger partial charge in [0.2, 0.25) is 0 Å². The van der Waals surface area contributed by atoms with Crippen molar-refractivity contribution in [1.29, 1.82) is 0 Å². The summed E-state index contributed by atoms with van der Waals surface area (Å²) in [7, 11) is 0. The van der Waals surface area contributed by atoms with Gasteiger partial charge < -0.3 is 9.74 Å². The molecular weight excluding hydrogens is 547 g/mol. The topological polar surface area (TPSA) is 45.1 Å². The lowest BCUT2D eigenvalue weighted by molar-refractivity contribution is -0.275. The highest BCUT2D eigenvalue weighted by molar-refractivity contribution is 6.34. The molecule has 1 unspecified atom stereocenters. The van der Waals surface area contributed by atoms with Crippen molar-refractivity contribution in [3.8, 4) is 0 Å². The van der Waals surface area contributed by atoms with Gasteiger partial charge in [-0.15, -0.1) is 0 Å². The van der Waals surface area contributed by atoms with Crippen molar-refractivity contribution in [2.45, 2.75) is 31.3 Å². The average Bonchev–Trinajstić information content (AvgIpc) is 3.25. The van der Waals surface area contributed by atoms with Gasteiger partial charge in [0.05, 0.1) is 12.3 Å². The first-order chi connectivity index (χ1) is 17.2. The van der Waals surface area contributed by atoms with E-state index in [0.717, 1.165) is 12.1 Å². The fourth-order valence-corrected chi connectivity index (χ4v) is 4.99. The fourth-order valence-electron chi connectivity index (χ4n) is 4.46. The van der Waals surface area contributed by atoms with Crippen LogP contribution in [-0.4, -0.2) is 66.5 Å². The van der Waals surface area contributed by atoms with Crippen LogP contribution in [0.25, 0.3) is 0 Å². The Kier molecular flexibility index (Phi) is 7.44. The van der Waals surface area contributed by atoms with E-state index in [9.17, 15) is 31.1 Å². The maximum atomic E-state index is 14.2. The molecule has 200 valence electrons. The van der Waals surface area contributed by atoms with E-state index in [1.165, 1.54) is 34.1 Å². The molecule has 1 atom stereocenters. The second kappa shape index (κ2) is 9.99. The quantitative estimate of drug-likeness (QED) is 0.413. The molecule has 5 nitrogen and oxygen atoms in total. The first-order valence-electron chi connectivity index (χ1n) is 11.2. The van der Waals surface area contributed by atoms with Gasteiger partial charge in [-0.3, -0.25) is 9.69 Å². The third-order valence-electron chi connectivity index (χ3n) is 6.37. The smallest absolute Gasteiger partial charge is 0.374 e. The SMILES string of the molecule is Cc1cc(C2=NOC(c3cc(Cl)cc(Cl)c3)(C(F)(F)F)C2)ccc1C(=O)N1CCN(CC(F)(F)F)CC1. The Bertz CT molecular complexity index is 1210. The number of amides is 1. The highest BCUT2D eigenvalue weighted by Crippen LogP contribution is 2.49. The van der Waals surface area contributed by atoms with Crippen LogP contribution in [0.2, 0.25) is 10.0 Å². The largest absolute Gasteiger partial charge is 0.435 e.